The molecular weight excluding hydrogens is 927 g/mol. The average molecular weight is 960 g/mol. The van der Waals surface area contributed by atoms with Gasteiger partial charge in [0, 0.05) is 67.2 Å². The Hall–Kier alpha value is -8.16. The lowest BCUT2D eigenvalue weighted by atomic mass is 9.96. The zero-order valence-electron chi connectivity index (χ0n) is 35.8. The fraction of sp³-hybridized carbons (Fsp3) is 0. The van der Waals surface area contributed by atoms with Gasteiger partial charge in [0.25, 0.3) is 0 Å². The maximum Gasteiger partial charge on any atom is 0.138 e. The highest BCUT2D eigenvalue weighted by Gasteiger charge is 2.32. The quantitative estimate of drug-likeness (QED) is 0.120. The van der Waals surface area contributed by atoms with Gasteiger partial charge in [-0.2, -0.15) is 21.0 Å². The molecule has 4 aromatic carbocycles. The molecule has 0 atom stereocenters. The molecule has 0 radical (unpaired) electrons. The third kappa shape index (κ3) is 9.03. The minimum atomic E-state index is -0.0767. The van der Waals surface area contributed by atoms with Crippen LogP contribution in [-0.2, 0) is 0 Å². The summed E-state index contributed by atoms with van der Waals surface area (Å²) in [7, 11) is 0. The Morgan fingerprint density at radius 2 is 0.750 bits per heavy atom. The molecule has 0 fully saturated rings. The number of fused-ring (bicyclic) bond motifs is 1. The number of anilines is 3. The van der Waals surface area contributed by atoms with Crippen molar-refractivity contribution in [3.05, 3.63) is 221 Å². The molecular formula is C58H33N5S5. The first-order valence-corrected chi connectivity index (χ1v) is 25.5. The van der Waals surface area contributed by atoms with Crippen LogP contribution in [0.1, 0.15) is 35.5 Å². The van der Waals surface area contributed by atoms with Gasteiger partial charge in [0.1, 0.15) is 35.4 Å². The van der Waals surface area contributed by atoms with Crippen molar-refractivity contribution in [2.75, 3.05) is 4.90 Å². The SMILES string of the molecule is N#CC(C#N)=C1C(=Cc2ccc(-c3ccc(N(c4ccc(-c5ccc(/C=C/c6cccs6)s5)cc4)c4ccc(-c5ccc(/C=C/c6cccs6)s5)cc4)cc3)s2)C(=C(C#N)C#N)c2ccccc21. The molecule has 9 aromatic rings. The summed E-state index contributed by atoms with van der Waals surface area (Å²) in [6, 6.07) is 62.6. The minimum absolute atomic E-state index is 0.0767. The van der Waals surface area contributed by atoms with E-state index < -0.39 is 0 Å². The number of benzene rings is 4. The summed E-state index contributed by atoms with van der Waals surface area (Å²) in [4.78, 5) is 11.4. The summed E-state index contributed by atoms with van der Waals surface area (Å²) in [5.74, 6) is 0. The highest BCUT2D eigenvalue weighted by atomic mass is 32.1. The molecule has 0 unspecified atom stereocenters. The number of nitrogens with zero attached hydrogens (tertiary/aromatic N) is 5. The fourth-order valence-electron chi connectivity index (χ4n) is 8.09. The molecule has 320 valence electrons. The fourth-order valence-corrected chi connectivity index (χ4v) is 12.1. The first-order chi connectivity index (χ1) is 33.5. The highest BCUT2D eigenvalue weighted by molar-refractivity contribution is 7.17. The van der Waals surface area contributed by atoms with Crippen molar-refractivity contribution in [1.29, 1.82) is 21.0 Å². The second kappa shape index (κ2) is 19.7. The van der Waals surface area contributed by atoms with Crippen molar-refractivity contribution in [2.45, 2.75) is 0 Å². The van der Waals surface area contributed by atoms with Gasteiger partial charge in [-0.1, -0.05) is 72.8 Å². The summed E-state index contributed by atoms with van der Waals surface area (Å²) in [5.41, 5.74) is 8.88. The van der Waals surface area contributed by atoms with Crippen molar-refractivity contribution in [3.8, 4) is 55.6 Å². The van der Waals surface area contributed by atoms with Gasteiger partial charge >= 0.3 is 0 Å². The molecule has 1 aliphatic rings. The summed E-state index contributed by atoms with van der Waals surface area (Å²) in [6.45, 7) is 0. The Bertz CT molecular complexity index is 3410. The molecule has 0 saturated heterocycles. The van der Waals surface area contributed by atoms with Crippen molar-refractivity contribution >= 4 is 115 Å². The lowest BCUT2D eigenvalue weighted by Gasteiger charge is -2.26. The van der Waals surface area contributed by atoms with Crippen molar-refractivity contribution in [2.24, 2.45) is 0 Å². The summed E-state index contributed by atoms with van der Waals surface area (Å²) < 4.78 is 0. The van der Waals surface area contributed by atoms with Gasteiger partial charge in [-0.3, -0.25) is 0 Å². The van der Waals surface area contributed by atoms with Crippen LogP contribution in [0.3, 0.4) is 0 Å². The number of thiophene rings is 5. The van der Waals surface area contributed by atoms with E-state index in [9.17, 15) is 21.0 Å². The molecule has 0 N–H and O–H groups in total. The van der Waals surface area contributed by atoms with Crippen LogP contribution in [0.15, 0.2) is 185 Å². The number of nitriles is 4. The number of rotatable bonds is 11. The maximum atomic E-state index is 9.99. The topological polar surface area (TPSA) is 98.4 Å². The third-order valence-electron chi connectivity index (χ3n) is 11.3. The van der Waals surface area contributed by atoms with E-state index in [1.807, 2.05) is 66.8 Å². The Labute approximate surface area is 414 Å². The van der Waals surface area contributed by atoms with Crippen LogP contribution < -0.4 is 4.90 Å². The minimum Gasteiger partial charge on any atom is -0.311 e. The van der Waals surface area contributed by atoms with Crippen LogP contribution in [0, 0.1) is 45.3 Å². The van der Waals surface area contributed by atoms with Gasteiger partial charge in [0.2, 0.25) is 0 Å². The van der Waals surface area contributed by atoms with Crippen LogP contribution in [0.5, 0.6) is 0 Å². The van der Waals surface area contributed by atoms with Crippen molar-refractivity contribution in [1.82, 2.24) is 0 Å². The second-order valence-electron chi connectivity index (χ2n) is 15.3. The first-order valence-electron chi connectivity index (χ1n) is 21.3. The van der Waals surface area contributed by atoms with Gasteiger partial charge in [-0.05, 0) is 159 Å². The van der Waals surface area contributed by atoms with E-state index in [1.165, 1.54) is 29.3 Å². The van der Waals surface area contributed by atoms with Gasteiger partial charge in [-0.25, -0.2) is 0 Å². The molecule has 0 spiro atoms. The standard InChI is InChI=1S/C58H33N5S5/c59-34-41(35-60)57-51-7-1-2-8-52(51)58(42(36-61)37-62)53(57)33-50-27-30-56(68-50)40-13-19-45(20-14-40)63(43-15-9-38(10-16-43)54-28-25-48(66-54)23-21-46-5-3-31-64-46)44-17-11-39(12-18-44)55-29-26-49(67-55)24-22-47-6-4-32-65-47/h1-33H/b23-21+,24-22+. The number of hydrogen-bond donors (Lipinski definition) is 0. The normalized spacial score (nSPS) is 11.9. The third-order valence-corrected chi connectivity index (χ3v) is 16.2. The van der Waals surface area contributed by atoms with Crippen LogP contribution in [0.25, 0.3) is 72.8 Å². The summed E-state index contributed by atoms with van der Waals surface area (Å²) in [6.07, 6.45) is 10.6. The predicted octanol–water partition coefficient (Wildman–Crippen LogP) is 17.5. The van der Waals surface area contributed by atoms with E-state index in [4.69, 9.17) is 0 Å². The number of allylic oxidation sites excluding steroid dienone is 5. The number of hydrogen-bond acceptors (Lipinski definition) is 10. The molecule has 1 aliphatic carbocycles. The molecule has 10 rings (SSSR count). The molecule has 10 heteroatoms. The highest BCUT2D eigenvalue weighted by Crippen LogP contribution is 2.49. The Morgan fingerprint density at radius 1 is 0.382 bits per heavy atom. The largest absolute Gasteiger partial charge is 0.311 e. The molecule has 5 nitrogen and oxygen atoms in total. The second-order valence-corrected chi connectivity index (χ2v) is 20.6. The van der Waals surface area contributed by atoms with E-state index in [2.05, 4.69) is 161 Å². The van der Waals surface area contributed by atoms with Gasteiger partial charge in [0.15, 0.2) is 0 Å². The molecule has 5 aromatic heterocycles. The van der Waals surface area contributed by atoms with Crippen LogP contribution in [0.4, 0.5) is 17.1 Å². The summed E-state index contributed by atoms with van der Waals surface area (Å²) in [5, 5.41) is 44.1. The van der Waals surface area contributed by atoms with Crippen LogP contribution in [-0.4, -0.2) is 0 Å². The predicted molar refractivity (Wildman–Crippen MR) is 288 cm³/mol. The average Bonchev–Trinajstić information content (AvgIpc) is 4.26. The molecule has 0 aliphatic heterocycles. The molecule has 0 bridgehead atoms. The monoisotopic (exact) mass is 959 g/mol. The Balaban J connectivity index is 0.967. The molecule has 68 heavy (non-hydrogen) atoms. The zero-order chi connectivity index (χ0) is 46.4. The lowest BCUT2D eigenvalue weighted by Crippen LogP contribution is -2.09. The zero-order valence-corrected chi connectivity index (χ0v) is 39.9. The van der Waals surface area contributed by atoms with Crippen LogP contribution >= 0.6 is 56.7 Å². The summed E-state index contributed by atoms with van der Waals surface area (Å²) >= 11 is 8.56. The van der Waals surface area contributed by atoms with E-state index in [1.54, 1.807) is 56.7 Å². The van der Waals surface area contributed by atoms with Crippen molar-refractivity contribution < 1.29 is 0 Å². The Morgan fingerprint density at radius 3 is 1.12 bits per heavy atom. The van der Waals surface area contributed by atoms with Crippen LogP contribution in [0.2, 0.25) is 0 Å². The van der Waals surface area contributed by atoms with E-state index in [0.717, 1.165) is 43.5 Å². The van der Waals surface area contributed by atoms with Gasteiger partial charge in [-0.15, -0.1) is 56.7 Å². The maximum absolute atomic E-state index is 9.99. The van der Waals surface area contributed by atoms with Gasteiger partial charge in [0.05, 0.1) is 0 Å². The van der Waals surface area contributed by atoms with E-state index >= 15 is 0 Å². The molecule has 0 saturated carbocycles. The van der Waals surface area contributed by atoms with E-state index in [-0.39, 0.29) is 11.1 Å². The van der Waals surface area contributed by atoms with Gasteiger partial charge < -0.3 is 4.90 Å². The lowest BCUT2D eigenvalue weighted by molar-refractivity contribution is 1.28. The molecule has 5 heterocycles. The van der Waals surface area contributed by atoms with Crippen molar-refractivity contribution in [3.63, 3.8) is 0 Å². The Kier molecular flexibility index (Phi) is 12.7. The smallest absolute Gasteiger partial charge is 0.138 e. The van der Waals surface area contributed by atoms with E-state index in [0.29, 0.717) is 27.8 Å². The first kappa shape index (κ1) is 43.7. The molecule has 0 amide bonds.